The van der Waals surface area contributed by atoms with Crippen molar-refractivity contribution in [3.05, 3.63) is 66.1 Å². The molecule has 2 rings (SSSR count). The van der Waals surface area contributed by atoms with Crippen molar-refractivity contribution in [2.45, 2.75) is 20.3 Å². The van der Waals surface area contributed by atoms with E-state index < -0.39 is 0 Å². The van der Waals surface area contributed by atoms with Crippen LogP contribution in [0, 0.1) is 19.8 Å². The van der Waals surface area contributed by atoms with Gasteiger partial charge in [-0.1, -0.05) is 24.3 Å². The molecule has 6 nitrogen and oxygen atoms in total. The third-order valence-electron chi connectivity index (χ3n) is 3.66. The summed E-state index contributed by atoms with van der Waals surface area (Å²) in [5.74, 6) is -0.197. The van der Waals surface area contributed by atoms with Gasteiger partial charge in [0.2, 0.25) is 12.2 Å². The van der Waals surface area contributed by atoms with Gasteiger partial charge in [0.25, 0.3) is 0 Å². The summed E-state index contributed by atoms with van der Waals surface area (Å²) in [6.45, 7) is 7.17. The van der Waals surface area contributed by atoms with Gasteiger partial charge in [-0.05, 0) is 37.5 Å². The number of rotatable bonds is 6. The average Bonchev–Trinajstić information content (AvgIpc) is 2.73. The standard InChI is InChI=1S/C13H14NO2.C8H4NO2.P.Y/c1-9-4-5-12(6-10(2)11(3)16)7-13(9)14-8-15;10-5-7-1-3-8(4-2-7)9-6-11;;/h4-5,7,10H,2,6H2,1,3H3;1-4H;;/q2*-1;;. The van der Waals surface area contributed by atoms with Crippen molar-refractivity contribution >= 4 is 40.4 Å². The van der Waals surface area contributed by atoms with Gasteiger partial charge >= 0.3 is 34.2 Å². The first-order chi connectivity index (χ1) is 13.9. The fourth-order valence-electron chi connectivity index (χ4n) is 2.04. The number of aliphatic imine (C=N–C) groups is 2. The minimum atomic E-state index is -0.254. The van der Waals surface area contributed by atoms with Gasteiger partial charge < -0.3 is 16.5 Å². The molecule has 1 unspecified atom stereocenters. The van der Waals surface area contributed by atoms with Crippen molar-refractivity contribution in [3.63, 3.8) is 0 Å². The van der Waals surface area contributed by atoms with Gasteiger partial charge in [0, 0.05) is 0 Å². The Hall–Kier alpha value is -1.93. The van der Waals surface area contributed by atoms with Crippen LogP contribution in [0.4, 0.5) is 11.4 Å². The predicted octanol–water partition coefficient (Wildman–Crippen LogP) is 4.51. The third-order valence-corrected chi connectivity index (χ3v) is 3.66. The zero-order valence-corrected chi connectivity index (χ0v) is 19.8. The van der Waals surface area contributed by atoms with Crippen molar-refractivity contribution in [1.29, 1.82) is 0 Å². The Morgan fingerprint density at radius 3 is 2.21 bits per heavy atom. The summed E-state index contributed by atoms with van der Waals surface area (Å²) in [7, 11) is 0. The molecule has 0 aliphatic rings. The van der Waals surface area contributed by atoms with Crippen LogP contribution < -0.4 is 0 Å². The zero-order valence-electron chi connectivity index (χ0n) is 16.1. The molecule has 8 heteroatoms. The minimum absolute atomic E-state index is 0.0565. The van der Waals surface area contributed by atoms with Crippen LogP contribution in [0.5, 0.6) is 0 Å². The second-order valence-corrected chi connectivity index (χ2v) is 5.69. The number of ketones is 1. The van der Waals surface area contributed by atoms with E-state index >= 15 is 0 Å². The summed E-state index contributed by atoms with van der Waals surface area (Å²) in [5.41, 5.74) is 3.39. The van der Waals surface area contributed by atoms with Gasteiger partial charge in [0.1, 0.15) is 5.78 Å². The SMILES string of the molecule is O=C=Nc1ccc([C-]=O)cc1.[CH2-]C(Cc1ccc(C)c(N=C=O)c1)C(C)=O.[P]#[Y]. The van der Waals surface area contributed by atoms with Gasteiger partial charge in [-0.2, -0.15) is 27.7 Å². The molecule has 0 spiro atoms. The fourth-order valence-corrected chi connectivity index (χ4v) is 2.04. The van der Waals surface area contributed by atoms with Crippen molar-refractivity contribution in [3.8, 4) is 0 Å². The van der Waals surface area contributed by atoms with Gasteiger partial charge in [0.05, 0.1) is 17.7 Å². The molecule has 0 heterocycles. The van der Waals surface area contributed by atoms with Crippen LogP contribution in [0.15, 0.2) is 52.4 Å². The molecule has 0 saturated carbocycles. The van der Waals surface area contributed by atoms with Gasteiger partial charge in [-0.25, -0.2) is 9.59 Å². The molecule has 0 aliphatic carbocycles. The molecule has 0 radical (unpaired) electrons. The van der Waals surface area contributed by atoms with Gasteiger partial charge in [-0.15, -0.1) is 5.92 Å². The van der Waals surface area contributed by atoms with Crippen molar-refractivity contribution in [1.82, 2.24) is 0 Å². The molecule has 0 fully saturated rings. The molecule has 29 heavy (non-hydrogen) atoms. The molecule has 0 N–H and O–H groups in total. The second kappa shape index (κ2) is 15.9. The molecule has 0 aliphatic heterocycles. The number of hydrogen-bond donors (Lipinski definition) is 0. The third kappa shape index (κ3) is 11.0. The molecule has 0 amide bonds. The number of carbonyl (C=O) groups is 1. The first kappa shape index (κ1) is 27.1. The Kier molecular flexibility index (Phi) is 14.9. The van der Waals surface area contributed by atoms with E-state index in [9.17, 15) is 19.2 Å². The Bertz CT molecular complexity index is 945. The molecular formula is C21H18N2O4PY-2. The maximum absolute atomic E-state index is 11.1. The van der Waals surface area contributed by atoms with E-state index in [1.165, 1.54) is 31.2 Å². The summed E-state index contributed by atoms with van der Waals surface area (Å²) in [4.78, 5) is 48.0. The van der Waals surface area contributed by atoms with E-state index in [4.69, 9.17) is 0 Å². The number of aryl methyl sites for hydroxylation is 1. The number of nitrogens with zero attached hydrogens (tertiary/aromatic N) is 2. The number of benzene rings is 2. The van der Waals surface area contributed by atoms with Crippen molar-refractivity contribution in [2.75, 3.05) is 0 Å². The van der Waals surface area contributed by atoms with Crippen molar-refractivity contribution in [2.24, 2.45) is 15.9 Å². The molecule has 1 atom stereocenters. The molecule has 2 aromatic carbocycles. The molecule has 146 valence electrons. The van der Waals surface area contributed by atoms with Gasteiger partial charge in [-0.3, -0.25) is 0 Å². The van der Waals surface area contributed by atoms with E-state index in [0.717, 1.165) is 40.6 Å². The molecular weight excluding hydrogens is 464 g/mol. The Morgan fingerprint density at radius 2 is 1.72 bits per heavy atom. The quantitative estimate of drug-likeness (QED) is 0.262. The van der Waals surface area contributed by atoms with Crippen LogP contribution in [0.1, 0.15) is 23.6 Å². The van der Waals surface area contributed by atoms with Gasteiger partial charge in [0.15, 0.2) is 0 Å². The first-order valence-electron chi connectivity index (χ1n) is 8.24. The Morgan fingerprint density at radius 1 is 1.14 bits per heavy atom. The average molecular weight is 482 g/mol. The van der Waals surface area contributed by atoms with Crippen LogP contribution in [0.3, 0.4) is 0 Å². The van der Waals surface area contributed by atoms with E-state index in [0.29, 0.717) is 23.4 Å². The normalized spacial score (nSPS) is 9.79. The molecule has 2 aromatic rings. The molecule has 0 aromatic heterocycles. The first-order valence-corrected chi connectivity index (χ1v) is 12.6. The number of hydrogen-bond acceptors (Lipinski definition) is 6. The summed E-state index contributed by atoms with van der Waals surface area (Å²) in [5, 5.41) is 0. The fraction of sp³-hybridized carbons (Fsp3) is 0.190. The number of carbonyl (C=O) groups excluding carboxylic acids is 4. The van der Waals surface area contributed by atoms with Crippen LogP contribution in [0.25, 0.3) is 0 Å². The number of Topliss-reactive ketones (excluding diaryl/α,β-unsaturated/α-hetero) is 1. The van der Waals surface area contributed by atoms with Crippen LogP contribution >= 0.6 is 4.77 Å². The predicted molar refractivity (Wildman–Crippen MR) is 108 cm³/mol. The van der Waals surface area contributed by atoms with Crippen molar-refractivity contribution < 1.29 is 48.7 Å². The van der Waals surface area contributed by atoms with Crippen LogP contribution in [-0.2, 0) is 55.1 Å². The van der Waals surface area contributed by atoms with Crippen LogP contribution in [0.2, 0.25) is 0 Å². The zero-order chi connectivity index (χ0) is 22.2. The van der Waals surface area contributed by atoms with Crippen LogP contribution in [-0.4, -0.2) is 24.2 Å². The van der Waals surface area contributed by atoms with E-state index in [-0.39, 0.29) is 11.7 Å². The summed E-state index contributed by atoms with van der Waals surface area (Å²) in [6.07, 6.45) is 5.19. The van der Waals surface area contributed by atoms with E-state index in [1.54, 1.807) is 24.5 Å². The summed E-state index contributed by atoms with van der Waals surface area (Å²) in [6, 6.07) is 11.7. The topological polar surface area (TPSA) is 93.0 Å². The summed E-state index contributed by atoms with van der Waals surface area (Å²) >= 11 is 1.04. The molecule has 0 saturated heterocycles. The summed E-state index contributed by atoms with van der Waals surface area (Å²) < 4.78 is 3.66. The maximum atomic E-state index is 11.1. The molecule has 0 bridgehead atoms. The Balaban J connectivity index is 0.000000526. The van der Waals surface area contributed by atoms with E-state index in [2.05, 4.69) is 21.7 Å². The monoisotopic (exact) mass is 482 g/mol. The van der Waals surface area contributed by atoms with E-state index in [1.807, 2.05) is 19.1 Å². The number of isocyanates is 2. The second-order valence-electron chi connectivity index (χ2n) is 5.69. The Labute approximate surface area is 190 Å².